The first-order valence-electron chi connectivity index (χ1n) is 5.01. The lowest BCUT2D eigenvalue weighted by Gasteiger charge is -2.22. The number of hydrogen-bond donors (Lipinski definition) is 1. The summed E-state index contributed by atoms with van der Waals surface area (Å²) in [5.74, 6) is -0.884. The van der Waals surface area contributed by atoms with E-state index in [0.717, 1.165) is 0 Å². The molecule has 4 nitrogen and oxygen atoms in total. The van der Waals surface area contributed by atoms with E-state index in [1.54, 1.807) is 0 Å². The third-order valence-electron chi connectivity index (χ3n) is 2.15. The van der Waals surface area contributed by atoms with Crippen LogP contribution in [-0.2, 0) is 0 Å². The van der Waals surface area contributed by atoms with Crippen molar-refractivity contribution in [3.05, 3.63) is 22.3 Å². The van der Waals surface area contributed by atoms with Gasteiger partial charge in [0.25, 0.3) is 5.91 Å². The van der Waals surface area contributed by atoms with Crippen molar-refractivity contribution in [1.82, 2.24) is 9.88 Å². The van der Waals surface area contributed by atoms with Gasteiger partial charge in [-0.2, -0.15) is 13.2 Å². The number of amides is 1. The van der Waals surface area contributed by atoms with Crippen molar-refractivity contribution < 1.29 is 18.0 Å². The predicted molar refractivity (Wildman–Crippen MR) is 64.0 cm³/mol. The van der Waals surface area contributed by atoms with Crippen LogP contribution in [0.3, 0.4) is 0 Å². The van der Waals surface area contributed by atoms with Crippen molar-refractivity contribution in [1.29, 1.82) is 0 Å². The first-order chi connectivity index (χ1) is 8.24. The number of halogens is 4. The van der Waals surface area contributed by atoms with E-state index in [1.165, 1.54) is 19.2 Å². The first-order valence-corrected chi connectivity index (χ1v) is 5.81. The summed E-state index contributed by atoms with van der Waals surface area (Å²) in [7, 11) is 0. The summed E-state index contributed by atoms with van der Waals surface area (Å²) in [6.07, 6.45) is -3.08. The van der Waals surface area contributed by atoms with Gasteiger partial charge in [0.15, 0.2) is 0 Å². The van der Waals surface area contributed by atoms with Gasteiger partial charge in [-0.1, -0.05) is 0 Å². The maximum absolute atomic E-state index is 12.3. The van der Waals surface area contributed by atoms with Crippen molar-refractivity contribution in [3.8, 4) is 0 Å². The van der Waals surface area contributed by atoms with E-state index in [4.69, 9.17) is 5.73 Å². The van der Waals surface area contributed by atoms with Crippen LogP contribution in [0.2, 0.25) is 0 Å². The van der Waals surface area contributed by atoms with Gasteiger partial charge in [-0.15, -0.1) is 0 Å². The summed E-state index contributed by atoms with van der Waals surface area (Å²) in [5.41, 5.74) is 5.44. The monoisotopic (exact) mass is 325 g/mol. The zero-order valence-corrected chi connectivity index (χ0v) is 11.0. The van der Waals surface area contributed by atoms with Crippen LogP contribution in [0.25, 0.3) is 0 Å². The molecule has 0 unspecified atom stereocenters. The molecule has 8 heteroatoms. The predicted octanol–water partition coefficient (Wildman–Crippen LogP) is 2.45. The van der Waals surface area contributed by atoms with Gasteiger partial charge in [-0.3, -0.25) is 4.79 Å². The maximum Gasteiger partial charge on any atom is 0.406 e. The molecule has 1 rings (SSSR count). The molecule has 0 aliphatic carbocycles. The molecule has 0 aliphatic heterocycles. The van der Waals surface area contributed by atoms with Gasteiger partial charge < -0.3 is 10.6 Å². The van der Waals surface area contributed by atoms with Crippen LogP contribution in [0.1, 0.15) is 17.3 Å². The Morgan fingerprint density at radius 1 is 1.56 bits per heavy atom. The summed E-state index contributed by atoms with van der Waals surface area (Å²) < 4.78 is 37.4. The second-order valence-corrected chi connectivity index (χ2v) is 4.44. The molecule has 1 heterocycles. The fourth-order valence-corrected chi connectivity index (χ4v) is 1.67. The highest BCUT2D eigenvalue weighted by Gasteiger charge is 2.33. The molecule has 1 aromatic rings. The Bertz CT molecular complexity index is 450. The van der Waals surface area contributed by atoms with Crippen LogP contribution in [-0.4, -0.2) is 35.1 Å². The summed E-state index contributed by atoms with van der Waals surface area (Å²) >= 11 is 3.09. The standard InChI is InChI=1S/C10H11BrF3N3O/c1-2-17(5-10(12,13)14)9(18)7-3-6(11)4-16-8(7)15/h3-4H,2,5H2,1H3,(H2,15,16). The van der Waals surface area contributed by atoms with Gasteiger partial charge in [0.2, 0.25) is 0 Å². The molecule has 1 aromatic heterocycles. The van der Waals surface area contributed by atoms with Crippen LogP contribution < -0.4 is 5.73 Å². The van der Waals surface area contributed by atoms with E-state index in [-0.39, 0.29) is 17.9 Å². The normalized spacial score (nSPS) is 11.4. The van der Waals surface area contributed by atoms with Crippen LogP contribution in [0.15, 0.2) is 16.7 Å². The minimum atomic E-state index is -4.44. The molecule has 0 fully saturated rings. The summed E-state index contributed by atoms with van der Waals surface area (Å²) in [4.78, 5) is 16.3. The quantitative estimate of drug-likeness (QED) is 0.928. The molecule has 100 valence electrons. The lowest BCUT2D eigenvalue weighted by Crippen LogP contribution is -2.39. The summed E-state index contributed by atoms with van der Waals surface area (Å²) in [6.45, 7) is 0.0871. The van der Waals surface area contributed by atoms with Gasteiger partial charge in [0, 0.05) is 17.2 Å². The summed E-state index contributed by atoms with van der Waals surface area (Å²) in [6, 6.07) is 1.35. The molecule has 0 spiro atoms. The molecular weight excluding hydrogens is 315 g/mol. The minimum absolute atomic E-state index is 0.0459. The SMILES string of the molecule is CCN(CC(F)(F)F)C(=O)c1cc(Br)cnc1N. The van der Waals surface area contributed by atoms with Gasteiger partial charge >= 0.3 is 6.18 Å². The largest absolute Gasteiger partial charge is 0.406 e. The fourth-order valence-electron chi connectivity index (χ4n) is 1.34. The number of rotatable bonds is 3. The van der Waals surface area contributed by atoms with Crippen LogP contribution in [0, 0.1) is 0 Å². The molecule has 18 heavy (non-hydrogen) atoms. The number of nitrogens with zero attached hydrogens (tertiary/aromatic N) is 2. The summed E-state index contributed by atoms with van der Waals surface area (Å²) in [5, 5.41) is 0. The number of nitrogen functional groups attached to an aromatic ring is 1. The van der Waals surface area contributed by atoms with Crippen LogP contribution in [0.4, 0.5) is 19.0 Å². The van der Waals surface area contributed by atoms with Gasteiger partial charge in [0.1, 0.15) is 12.4 Å². The zero-order valence-electron chi connectivity index (χ0n) is 9.46. The molecule has 0 atom stereocenters. The van der Waals surface area contributed by atoms with E-state index in [0.29, 0.717) is 9.37 Å². The third kappa shape index (κ3) is 3.86. The Morgan fingerprint density at radius 2 is 2.17 bits per heavy atom. The van der Waals surface area contributed by atoms with Crippen molar-refractivity contribution in [2.45, 2.75) is 13.1 Å². The van der Waals surface area contributed by atoms with E-state index in [9.17, 15) is 18.0 Å². The molecule has 0 bridgehead atoms. The van der Waals surface area contributed by atoms with Crippen molar-refractivity contribution in [2.75, 3.05) is 18.8 Å². The Kier molecular flexibility index (Phi) is 4.55. The van der Waals surface area contributed by atoms with Gasteiger partial charge in [-0.25, -0.2) is 4.98 Å². The topological polar surface area (TPSA) is 59.2 Å². The zero-order chi connectivity index (χ0) is 13.9. The number of alkyl halides is 3. The molecule has 0 aliphatic rings. The second kappa shape index (κ2) is 5.55. The second-order valence-electron chi connectivity index (χ2n) is 3.52. The molecule has 0 radical (unpaired) electrons. The number of pyridine rings is 1. The molecule has 1 amide bonds. The maximum atomic E-state index is 12.3. The Morgan fingerprint density at radius 3 is 2.67 bits per heavy atom. The van der Waals surface area contributed by atoms with Gasteiger partial charge in [0.05, 0.1) is 5.56 Å². The lowest BCUT2D eigenvalue weighted by molar-refractivity contribution is -0.140. The third-order valence-corrected chi connectivity index (χ3v) is 2.59. The van der Waals surface area contributed by atoms with E-state index >= 15 is 0 Å². The lowest BCUT2D eigenvalue weighted by atomic mass is 10.2. The molecule has 2 N–H and O–H groups in total. The average molecular weight is 326 g/mol. The number of carbonyl (C=O) groups is 1. The van der Waals surface area contributed by atoms with Crippen LogP contribution in [0.5, 0.6) is 0 Å². The Labute approximate surface area is 110 Å². The molecule has 0 saturated carbocycles. The minimum Gasteiger partial charge on any atom is -0.383 e. The average Bonchev–Trinajstić information content (AvgIpc) is 2.27. The number of aromatic nitrogens is 1. The number of hydrogen-bond acceptors (Lipinski definition) is 3. The first kappa shape index (κ1) is 14.7. The fraction of sp³-hybridized carbons (Fsp3) is 0.400. The van der Waals surface area contributed by atoms with E-state index in [2.05, 4.69) is 20.9 Å². The highest BCUT2D eigenvalue weighted by molar-refractivity contribution is 9.10. The molecule has 0 saturated heterocycles. The van der Waals surface area contributed by atoms with E-state index < -0.39 is 18.6 Å². The van der Waals surface area contributed by atoms with Crippen molar-refractivity contribution >= 4 is 27.7 Å². The smallest absolute Gasteiger partial charge is 0.383 e. The number of carbonyl (C=O) groups excluding carboxylic acids is 1. The molecule has 0 aromatic carbocycles. The highest BCUT2D eigenvalue weighted by atomic mass is 79.9. The van der Waals surface area contributed by atoms with Crippen molar-refractivity contribution in [2.24, 2.45) is 0 Å². The molecular formula is C10H11BrF3N3O. The van der Waals surface area contributed by atoms with Gasteiger partial charge in [-0.05, 0) is 28.9 Å². The Balaban J connectivity index is 3.00. The Hall–Kier alpha value is -1.31. The highest BCUT2D eigenvalue weighted by Crippen LogP contribution is 2.21. The number of anilines is 1. The van der Waals surface area contributed by atoms with Crippen molar-refractivity contribution in [3.63, 3.8) is 0 Å². The number of nitrogens with two attached hydrogens (primary N) is 1. The van der Waals surface area contributed by atoms with E-state index in [1.807, 2.05) is 0 Å². The van der Waals surface area contributed by atoms with Crippen LogP contribution >= 0.6 is 15.9 Å².